The second kappa shape index (κ2) is 2.01. The van der Waals surface area contributed by atoms with E-state index >= 15 is 0 Å². The summed E-state index contributed by atoms with van der Waals surface area (Å²) >= 11 is 4.54. The normalized spacial score (nSPS) is 6.00. The summed E-state index contributed by atoms with van der Waals surface area (Å²) in [5, 5.41) is -0.884. The molecule has 0 aliphatic rings. The van der Waals surface area contributed by atoms with Crippen LogP contribution in [0.3, 0.4) is 0 Å². The van der Waals surface area contributed by atoms with Crippen LogP contribution in [0.4, 0.5) is 4.39 Å². The number of halogens is 2. The zero-order chi connectivity index (χ0) is 4.28. The van der Waals surface area contributed by atoms with Crippen LogP contribution in [0.25, 0.3) is 0 Å². The highest BCUT2D eigenvalue weighted by molar-refractivity contribution is 6.27. The third-order valence-electron chi connectivity index (χ3n) is 0.134. The molecule has 0 heterocycles. The minimum Gasteiger partial charge on any atom is -0.184 e. The Kier molecular flexibility index (Phi) is 1.90. The molecule has 0 N–H and O–H groups in total. The highest BCUT2D eigenvalue weighted by atomic mass is 35.5. The summed E-state index contributed by atoms with van der Waals surface area (Å²) in [7, 11) is 0. The van der Waals surface area contributed by atoms with Crippen molar-refractivity contribution in [2.45, 2.75) is 0 Å². The van der Waals surface area contributed by atoms with E-state index < -0.39 is 5.29 Å². The summed E-state index contributed by atoms with van der Waals surface area (Å²) in [5.74, 6) is 0. The Labute approximate surface area is 34.6 Å². The summed E-state index contributed by atoms with van der Waals surface area (Å²) in [4.78, 5) is 0. The second-order valence-electron chi connectivity index (χ2n) is 0.437. The Morgan fingerprint density at radius 1 is 2.00 bits per heavy atom. The van der Waals surface area contributed by atoms with Crippen molar-refractivity contribution in [2.75, 3.05) is 0 Å². The van der Waals surface area contributed by atoms with Gasteiger partial charge in [0.05, 0.1) is 0 Å². The quantitative estimate of drug-likeness (QED) is 0.400. The van der Waals surface area contributed by atoms with Crippen LogP contribution in [0.1, 0.15) is 0 Å². The Morgan fingerprint density at radius 2 is 2.20 bits per heavy atom. The number of hydrogen-bond acceptors (Lipinski definition) is 0. The van der Waals surface area contributed by atoms with E-state index in [1.807, 2.05) is 0 Å². The Bertz CT molecular complexity index is 67.0. The van der Waals surface area contributed by atoms with Crippen LogP contribution in [0.5, 0.6) is 0 Å². The van der Waals surface area contributed by atoms with Crippen molar-refractivity contribution in [3.8, 4) is 0 Å². The van der Waals surface area contributed by atoms with E-state index in [0.717, 1.165) is 0 Å². The summed E-state index contributed by atoms with van der Waals surface area (Å²) in [6, 6.07) is 0. The summed E-state index contributed by atoms with van der Waals surface area (Å²) in [5.41, 5.74) is 1.79. The smallest absolute Gasteiger partial charge is 0.184 e. The zero-order valence-electron chi connectivity index (χ0n) is 2.46. The van der Waals surface area contributed by atoms with Crippen molar-refractivity contribution >= 4 is 11.6 Å². The number of hydrogen-bond donors (Lipinski definition) is 0. The molecule has 28 valence electrons. The van der Waals surface area contributed by atoms with Gasteiger partial charge in [-0.1, -0.05) is 12.3 Å². The molecule has 0 atom stereocenters. The maximum atomic E-state index is 10.9. The minimum absolute atomic E-state index is 0.884. The Hall–Kier alpha value is -0.260. The van der Waals surface area contributed by atoms with Crippen molar-refractivity contribution in [1.29, 1.82) is 0 Å². The first-order chi connectivity index (χ1) is 2.27. The monoisotopic (exact) mass is 92.0 g/mol. The maximum Gasteiger partial charge on any atom is 0.231 e. The van der Waals surface area contributed by atoms with Crippen LogP contribution in [0, 0.1) is 0 Å². The Morgan fingerprint density at radius 3 is 2.20 bits per heavy atom. The lowest BCUT2D eigenvalue weighted by Crippen LogP contribution is -1.34. The first-order valence-electron chi connectivity index (χ1n) is 0.982. The SMILES string of the molecule is C=C=C(F)Cl. The van der Waals surface area contributed by atoms with Gasteiger partial charge in [-0.15, -0.1) is 0 Å². The van der Waals surface area contributed by atoms with Crippen molar-refractivity contribution < 1.29 is 4.39 Å². The van der Waals surface area contributed by atoms with Gasteiger partial charge in [0, 0.05) is 0 Å². The van der Waals surface area contributed by atoms with Crippen molar-refractivity contribution in [3.05, 3.63) is 17.6 Å². The molecule has 0 radical (unpaired) electrons. The topological polar surface area (TPSA) is 0 Å². The maximum absolute atomic E-state index is 10.9. The van der Waals surface area contributed by atoms with Crippen molar-refractivity contribution in [1.82, 2.24) is 0 Å². The molecule has 0 spiro atoms. The van der Waals surface area contributed by atoms with Gasteiger partial charge in [-0.2, -0.15) is 4.39 Å². The highest BCUT2D eigenvalue weighted by Crippen LogP contribution is 1.94. The lowest BCUT2D eigenvalue weighted by atomic mass is 11.0. The number of rotatable bonds is 0. The van der Waals surface area contributed by atoms with Crippen LogP contribution in [0.15, 0.2) is 17.6 Å². The summed E-state index contributed by atoms with van der Waals surface area (Å²) < 4.78 is 10.9. The van der Waals surface area contributed by atoms with Gasteiger partial charge in [-0.3, -0.25) is 0 Å². The van der Waals surface area contributed by atoms with Crippen LogP contribution in [-0.4, -0.2) is 0 Å². The molecule has 0 saturated carbocycles. The third kappa shape index (κ3) is 3.74. The highest BCUT2D eigenvalue weighted by Gasteiger charge is 1.69. The molecule has 0 aliphatic heterocycles. The molecule has 0 amide bonds. The lowest BCUT2D eigenvalue weighted by Gasteiger charge is -1.57. The van der Waals surface area contributed by atoms with E-state index in [9.17, 15) is 4.39 Å². The second-order valence-corrected chi connectivity index (χ2v) is 0.769. The lowest BCUT2D eigenvalue weighted by molar-refractivity contribution is 0.697. The van der Waals surface area contributed by atoms with Crippen LogP contribution in [0.2, 0.25) is 0 Å². The summed E-state index contributed by atoms with van der Waals surface area (Å²) in [6.45, 7) is 2.89. The molecule has 0 aromatic heterocycles. The molecule has 2 heteroatoms. The van der Waals surface area contributed by atoms with Gasteiger partial charge in [-0.25, -0.2) is 0 Å². The molecule has 5 heavy (non-hydrogen) atoms. The molecular formula is C3H2ClF. The molecule has 0 bridgehead atoms. The van der Waals surface area contributed by atoms with Gasteiger partial charge >= 0.3 is 0 Å². The molecule has 0 aliphatic carbocycles. The first kappa shape index (κ1) is 4.74. The van der Waals surface area contributed by atoms with Gasteiger partial charge in [0.2, 0.25) is 5.29 Å². The van der Waals surface area contributed by atoms with Crippen molar-refractivity contribution in [3.63, 3.8) is 0 Å². The fraction of sp³-hybridized carbons (Fsp3) is 0. The molecule has 0 aromatic rings. The molecule has 0 aromatic carbocycles. The fourth-order valence-corrected chi connectivity index (χ4v) is 0. The average Bonchev–Trinajstić information content (AvgIpc) is 1.38. The first-order valence-corrected chi connectivity index (χ1v) is 1.36. The predicted molar refractivity (Wildman–Crippen MR) is 19.6 cm³/mol. The standard InChI is InChI=1S/C3H2ClF/c1-2-3(4)5/h1H2. The summed E-state index contributed by atoms with van der Waals surface area (Å²) in [6.07, 6.45) is 0. The van der Waals surface area contributed by atoms with Gasteiger partial charge in [-0.05, 0) is 11.6 Å². The molecule has 0 unspecified atom stereocenters. The van der Waals surface area contributed by atoms with Crippen molar-refractivity contribution in [2.24, 2.45) is 0 Å². The van der Waals surface area contributed by atoms with E-state index in [1.54, 1.807) is 5.73 Å². The van der Waals surface area contributed by atoms with Gasteiger partial charge < -0.3 is 0 Å². The van der Waals surface area contributed by atoms with E-state index in [4.69, 9.17) is 0 Å². The molecule has 0 rings (SSSR count). The minimum atomic E-state index is -0.884. The van der Waals surface area contributed by atoms with E-state index in [1.165, 1.54) is 0 Å². The van der Waals surface area contributed by atoms with E-state index in [2.05, 4.69) is 18.2 Å². The predicted octanol–water partition coefficient (Wildman–Crippen LogP) is 1.82. The van der Waals surface area contributed by atoms with Crippen LogP contribution in [-0.2, 0) is 0 Å². The molecular weight excluding hydrogens is 90.5 g/mol. The Balaban J connectivity index is 3.60. The van der Waals surface area contributed by atoms with Crippen LogP contribution < -0.4 is 0 Å². The van der Waals surface area contributed by atoms with E-state index in [0.29, 0.717) is 0 Å². The molecule has 0 fully saturated rings. The largest absolute Gasteiger partial charge is 0.231 e. The van der Waals surface area contributed by atoms with Gasteiger partial charge in [0.1, 0.15) is 0 Å². The fourth-order valence-electron chi connectivity index (χ4n) is 0. The molecule has 0 saturated heterocycles. The van der Waals surface area contributed by atoms with E-state index in [-0.39, 0.29) is 0 Å². The third-order valence-corrected chi connectivity index (χ3v) is 0.267. The van der Waals surface area contributed by atoms with Crippen LogP contribution >= 0.6 is 11.6 Å². The van der Waals surface area contributed by atoms with Gasteiger partial charge in [0.25, 0.3) is 0 Å². The molecule has 0 nitrogen and oxygen atoms in total. The zero-order valence-corrected chi connectivity index (χ0v) is 3.22. The average molecular weight is 92.5 g/mol. The van der Waals surface area contributed by atoms with Gasteiger partial charge in [0.15, 0.2) is 0 Å².